The molecule has 1 aliphatic heterocycles. The fraction of sp³-hybridized carbons (Fsp3) is 0.409. The average molecular weight is 467 g/mol. The van der Waals surface area contributed by atoms with Gasteiger partial charge in [-0.25, -0.2) is 18.3 Å². The summed E-state index contributed by atoms with van der Waals surface area (Å²) in [5, 5.41) is 19.4. The number of hydrogen-bond donors (Lipinski definition) is 3. The van der Waals surface area contributed by atoms with Crippen molar-refractivity contribution in [3.05, 3.63) is 59.4 Å². The zero-order chi connectivity index (χ0) is 23.7. The lowest BCUT2D eigenvalue weighted by molar-refractivity contribution is -0.140. The third-order valence-electron chi connectivity index (χ3n) is 5.74. The van der Waals surface area contributed by atoms with Gasteiger partial charge in [-0.3, -0.25) is 10.0 Å². The first-order valence-corrected chi connectivity index (χ1v) is 11.5. The Morgan fingerprint density at radius 2 is 1.91 bits per heavy atom. The maximum atomic E-state index is 13.7. The lowest BCUT2D eigenvalue weighted by Gasteiger charge is -2.45. The fourth-order valence-corrected chi connectivity index (χ4v) is 5.86. The van der Waals surface area contributed by atoms with Crippen LogP contribution in [-0.2, 0) is 21.4 Å². The number of halogens is 1. The van der Waals surface area contributed by atoms with Crippen molar-refractivity contribution < 1.29 is 32.7 Å². The molecule has 1 heterocycles. The van der Waals surface area contributed by atoms with Crippen LogP contribution in [0.15, 0.2) is 47.4 Å². The summed E-state index contributed by atoms with van der Waals surface area (Å²) in [5.41, 5.74) is 1.77. The quantitative estimate of drug-likeness (QED) is 0.445. The molecular weight excluding hydrogens is 439 g/mol. The smallest absolute Gasteiger partial charge is 0.262 e. The van der Waals surface area contributed by atoms with E-state index in [0.717, 1.165) is 4.31 Å². The van der Waals surface area contributed by atoms with Crippen LogP contribution in [0, 0.1) is 18.2 Å². The van der Waals surface area contributed by atoms with Gasteiger partial charge >= 0.3 is 0 Å². The number of piperidine rings is 1. The van der Waals surface area contributed by atoms with Gasteiger partial charge in [0.15, 0.2) is 0 Å². The number of carbonyl (C=O) groups excluding carboxylic acids is 1. The van der Waals surface area contributed by atoms with Crippen LogP contribution in [0.4, 0.5) is 4.39 Å². The number of hydrogen-bond acceptors (Lipinski definition) is 6. The molecule has 32 heavy (non-hydrogen) atoms. The molecule has 8 nitrogen and oxygen atoms in total. The highest BCUT2D eigenvalue weighted by molar-refractivity contribution is 7.89. The molecule has 2 aromatic rings. The van der Waals surface area contributed by atoms with E-state index in [-0.39, 0.29) is 30.3 Å². The van der Waals surface area contributed by atoms with E-state index in [1.807, 2.05) is 0 Å². The van der Waals surface area contributed by atoms with Gasteiger partial charge in [-0.05, 0) is 60.2 Å². The first kappa shape index (κ1) is 24.1. The minimum Gasteiger partial charge on any atom is -0.489 e. The van der Waals surface area contributed by atoms with E-state index in [4.69, 9.17) is 9.94 Å². The number of hydroxylamine groups is 1. The van der Waals surface area contributed by atoms with E-state index in [2.05, 4.69) is 0 Å². The van der Waals surface area contributed by atoms with Gasteiger partial charge in [0, 0.05) is 6.54 Å². The zero-order valence-corrected chi connectivity index (χ0v) is 18.9. The highest BCUT2D eigenvalue weighted by Gasteiger charge is 2.50. The molecule has 1 aliphatic rings. The summed E-state index contributed by atoms with van der Waals surface area (Å²) in [6.45, 7) is 4.80. The monoisotopic (exact) mass is 466 g/mol. The predicted molar refractivity (Wildman–Crippen MR) is 114 cm³/mol. The molecule has 0 aromatic heterocycles. The van der Waals surface area contributed by atoms with E-state index in [1.54, 1.807) is 32.9 Å². The van der Waals surface area contributed by atoms with Gasteiger partial charge in [0.25, 0.3) is 5.91 Å². The Balaban J connectivity index is 1.83. The highest BCUT2D eigenvalue weighted by atomic mass is 32.2. The molecule has 3 N–H and O–H groups in total. The minimum atomic E-state index is -4.17. The third-order valence-corrected chi connectivity index (χ3v) is 7.59. The standard InChI is InChI=1S/C22H27FN2O6S/c1-14-15(5-4-6-19(14)23)13-31-17-7-9-18(10-8-17)32(29,30)25-12-16(26)11-22(2,3)20(25)21(27)24-28/h4-10,16,20,26,28H,11-13H2,1-3H3,(H,24,27)/t16-,20+/m1/s1. The third kappa shape index (κ3) is 4.78. The van der Waals surface area contributed by atoms with Crippen LogP contribution in [0.3, 0.4) is 0 Å². The molecule has 0 unspecified atom stereocenters. The Hall–Kier alpha value is -2.53. The normalized spacial score (nSPS) is 21.2. The molecule has 0 bridgehead atoms. The summed E-state index contributed by atoms with van der Waals surface area (Å²) in [4.78, 5) is 12.2. The number of β-amino-alcohol motifs (C(OH)–C–C–N with tert-alkyl or cyclic N) is 1. The first-order chi connectivity index (χ1) is 15.0. The summed E-state index contributed by atoms with van der Waals surface area (Å²) in [5.74, 6) is -0.812. The topological polar surface area (TPSA) is 116 Å². The molecule has 0 saturated carbocycles. The molecule has 3 rings (SSSR count). The van der Waals surface area contributed by atoms with Gasteiger partial charge in [0.1, 0.15) is 24.2 Å². The van der Waals surface area contributed by atoms with Crippen LogP contribution in [0.25, 0.3) is 0 Å². The Morgan fingerprint density at radius 3 is 2.53 bits per heavy atom. The van der Waals surface area contributed by atoms with Crippen LogP contribution < -0.4 is 10.2 Å². The molecule has 1 amide bonds. The molecule has 10 heteroatoms. The van der Waals surface area contributed by atoms with E-state index in [9.17, 15) is 22.7 Å². The molecular formula is C22H27FN2O6S. The van der Waals surface area contributed by atoms with Crippen molar-refractivity contribution in [2.45, 2.75) is 50.8 Å². The second-order valence-corrected chi connectivity index (χ2v) is 10.5. The molecule has 1 fully saturated rings. The van der Waals surface area contributed by atoms with Crippen molar-refractivity contribution >= 4 is 15.9 Å². The van der Waals surface area contributed by atoms with Crippen LogP contribution in [0.5, 0.6) is 5.75 Å². The number of rotatable bonds is 6. The zero-order valence-electron chi connectivity index (χ0n) is 18.1. The van der Waals surface area contributed by atoms with Gasteiger partial charge in [-0.2, -0.15) is 4.31 Å². The second kappa shape index (κ2) is 9.14. The number of ether oxygens (including phenoxy) is 1. The van der Waals surface area contributed by atoms with Gasteiger partial charge in [0.05, 0.1) is 11.0 Å². The summed E-state index contributed by atoms with van der Waals surface area (Å²) < 4.78 is 46.8. The minimum absolute atomic E-state index is 0.0903. The molecule has 174 valence electrons. The van der Waals surface area contributed by atoms with Crippen LogP contribution in [-0.4, -0.2) is 47.6 Å². The molecule has 2 aromatic carbocycles. The van der Waals surface area contributed by atoms with Gasteiger partial charge in [-0.1, -0.05) is 26.0 Å². The summed E-state index contributed by atoms with van der Waals surface area (Å²) in [6.07, 6.45) is -0.761. The molecule has 0 aliphatic carbocycles. The predicted octanol–water partition coefficient (Wildman–Crippen LogP) is 2.37. The SMILES string of the molecule is Cc1c(F)cccc1COc1ccc(S(=O)(=O)N2C[C@H](O)CC(C)(C)[C@@H]2C(=O)NO)cc1. The second-order valence-electron chi connectivity index (χ2n) is 8.58. The Bertz CT molecular complexity index is 1090. The molecule has 2 atom stereocenters. The lowest BCUT2D eigenvalue weighted by Crippen LogP contribution is -2.62. The van der Waals surface area contributed by atoms with Crippen molar-refractivity contribution in [3.63, 3.8) is 0 Å². The van der Waals surface area contributed by atoms with Gasteiger partial charge in [0.2, 0.25) is 10.0 Å². The number of benzene rings is 2. The number of carbonyl (C=O) groups is 1. The molecule has 1 saturated heterocycles. The first-order valence-electron chi connectivity index (χ1n) is 10.1. The Kier molecular flexibility index (Phi) is 6.89. The van der Waals surface area contributed by atoms with E-state index >= 15 is 0 Å². The van der Waals surface area contributed by atoms with Gasteiger partial charge in [-0.15, -0.1) is 0 Å². The molecule has 0 radical (unpaired) electrons. The number of aliphatic hydroxyl groups excluding tert-OH is 1. The maximum absolute atomic E-state index is 13.7. The van der Waals surface area contributed by atoms with Crippen molar-refractivity contribution in [1.82, 2.24) is 9.79 Å². The lowest BCUT2D eigenvalue weighted by atomic mass is 9.76. The van der Waals surface area contributed by atoms with E-state index < -0.39 is 33.5 Å². The van der Waals surface area contributed by atoms with Crippen molar-refractivity contribution in [1.29, 1.82) is 0 Å². The number of aliphatic hydroxyl groups is 1. The van der Waals surface area contributed by atoms with E-state index in [0.29, 0.717) is 16.9 Å². The summed E-state index contributed by atoms with van der Waals surface area (Å²) in [7, 11) is -4.17. The van der Waals surface area contributed by atoms with Crippen LogP contribution in [0.2, 0.25) is 0 Å². The maximum Gasteiger partial charge on any atom is 0.262 e. The van der Waals surface area contributed by atoms with Crippen LogP contribution >= 0.6 is 0 Å². The Morgan fingerprint density at radius 1 is 1.25 bits per heavy atom. The highest BCUT2D eigenvalue weighted by Crippen LogP contribution is 2.38. The van der Waals surface area contributed by atoms with Crippen molar-refractivity contribution in [2.75, 3.05) is 6.54 Å². The van der Waals surface area contributed by atoms with Crippen LogP contribution in [0.1, 0.15) is 31.4 Å². The number of sulfonamides is 1. The average Bonchev–Trinajstić information content (AvgIpc) is 2.73. The number of nitrogens with one attached hydrogen (secondary N) is 1. The van der Waals surface area contributed by atoms with Crippen molar-refractivity contribution in [3.8, 4) is 5.75 Å². The number of nitrogens with zero attached hydrogens (tertiary/aromatic N) is 1. The van der Waals surface area contributed by atoms with E-state index in [1.165, 1.54) is 35.8 Å². The largest absolute Gasteiger partial charge is 0.489 e. The Labute approximate surface area is 186 Å². The fourth-order valence-electron chi connectivity index (χ4n) is 4.08. The summed E-state index contributed by atoms with van der Waals surface area (Å²) >= 11 is 0. The van der Waals surface area contributed by atoms with Crippen molar-refractivity contribution in [2.24, 2.45) is 5.41 Å². The van der Waals surface area contributed by atoms with Gasteiger partial charge < -0.3 is 9.84 Å². The summed E-state index contributed by atoms with van der Waals surface area (Å²) in [6, 6.07) is 9.10. The molecule has 0 spiro atoms. The number of amides is 1.